The summed E-state index contributed by atoms with van der Waals surface area (Å²) in [7, 11) is 3.45. The van der Waals surface area contributed by atoms with Crippen molar-refractivity contribution in [3.63, 3.8) is 0 Å². The molecule has 0 aliphatic carbocycles. The minimum absolute atomic E-state index is 0.164. The summed E-state index contributed by atoms with van der Waals surface area (Å²) in [5, 5.41) is 0. The van der Waals surface area contributed by atoms with E-state index in [-0.39, 0.29) is 11.8 Å². The van der Waals surface area contributed by atoms with Crippen LogP contribution in [0.4, 0.5) is 4.39 Å². The first-order valence-corrected chi connectivity index (χ1v) is 6.57. The molecule has 1 fully saturated rings. The number of likely N-dealkylation sites (tertiary alicyclic amines) is 1. The lowest BCUT2D eigenvalue weighted by atomic mass is 9.75. The number of halogens is 1. The molecular weight excluding hydrogens is 245 g/mol. The fourth-order valence-corrected chi connectivity index (χ4v) is 2.95. The zero-order chi connectivity index (χ0) is 13.9. The Morgan fingerprint density at radius 1 is 1.42 bits per heavy atom. The Morgan fingerprint density at radius 2 is 2.11 bits per heavy atom. The molecule has 0 spiro atoms. The predicted molar refractivity (Wildman–Crippen MR) is 71.3 cm³/mol. The molecule has 2 rings (SSSR count). The van der Waals surface area contributed by atoms with E-state index in [1.54, 1.807) is 12.1 Å². The van der Waals surface area contributed by atoms with Gasteiger partial charge in [-0.1, -0.05) is 12.1 Å². The highest BCUT2D eigenvalue weighted by Gasteiger charge is 2.42. The smallest absolute Gasteiger partial charge is 0.313 e. The molecule has 0 aromatic heterocycles. The molecule has 0 N–H and O–H groups in total. The lowest BCUT2D eigenvalue weighted by Crippen LogP contribution is -2.48. The standard InChI is InChI=1S/C15H20FNO2/c1-17-9-3-8-15(11-17,14(18)19-2)10-12-4-6-13(16)7-5-12/h4-7H,3,8-11H2,1-2H3. The maximum Gasteiger partial charge on any atom is 0.313 e. The Hall–Kier alpha value is -1.42. The van der Waals surface area contributed by atoms with Crippen molar-refractivity contribution in [3.8, 4) is 0 Å². The van der Waals surface area contributed by atoms with E-state index in [1.807, 2.05) is 7.05 Å². The van der Waals surface area contributed by atoms with Crippen LogP contribution in [0.5, 0.6) is 0 Å². The van der Waals surface area contributed by atoms with Crippen LogP contribution in [-0.2, 0) is 16.0 Å². The molecule has 1 unspecified atom stereocenters. The number of piperidine rings is 1. The van der Waals surface area contributed by atoms with Crippen molar-refractivity contribution in [2.75, 3.05) is 27.2 Å². The van der Waals surface area contributed by atoms with Gasteiger partial charge in [-0.25, -0.2) is 4.39 Å². The highest BCUT2D eigenvalue weighted by molar-refractivity contribution is 5.77. The summed E-state index contributed by atoms with van der Waals surface area (Å²) in [4.78, 5) is 14.3. The van der Waals surface area contributed by atoms with Crippen LogP contribution in [0.2, 0.25) is 0 Å². The maximum absolute atomic E-state index is 12.9. The monoisotopic (exact) mass is 265 g/mol. The van der Waals surface area contributed by atoms with Crippen LogP contribution in [0.15, 0.2) is 24.3 Å². The molecule has 0 bridgehead atoms. The second kappa shape index (κ2) is 5.70. The Labute approximate surface area is 113 Å². The number of hydrogen-bond acceptors (Lipinski definition) is 3. The van der Waals surface area contributed by atoms with Gasteiger partial charge in [0.25, 0.3) is 0 Å². The molecule has 1 aromatic rings. The average molecular weight is 265 g/mol. The minimum atomic E-state index is -0.500. The molecule has 1 heterocycles. The first kappa shape index (κ1) is 14.0. The number of methoxy groups -OCH3 is 1. The van der Waals surface area contributed by atoms with Gasteiger partial charge in [0.15, 0.2) is 0 Å². The van der Waals surface area contributed by atoms with Gasteiger partial charge >= 0.3 is 5.97 Å². The maximum atomic E-state index is 12.9. The SMILES string of the molecule is COC(=O)C1(Cc2ccc(F)cc2)CCCN(C)C1. The second-order valence-electron chi connectivity index (χ2n) is 5.42. The predicted octanol–water partition coefficient (Wildman–Crippen LogP) is 2.25. The van der Waals surface area contributed by atoms with Gasteiger partial charge < -0.3 is 9.64 Å². The van der Waals surface area contributed by atoms with Gasteiger partial charge in [-0.05, 0) is 50.6 Å². The van der Waals surface area contributed by atoms with Crippen LogP contribution < -0.4 is 0 Å². The molecule has 1 aliphatic heterocycles. The number of carbonyl (C=O) groups excluding carboxylic acids is 1. The molecule has 0 saturated carbocycles. The lowest BCUT2D eigenvalue weighted by Gasteiger charge is -2.39. The number of esters is 1. The first-order valence-electron chi connectivity index (χ1n) is 6.57. The van der Waals surface area contributed by atoms with E-state index in [2.05, 4.69) is 4.90 Å². The molecule has 3 nitrogen and oxygen atoms in total. The molecule has 1 saturated heterocycles. The summed E-state index contributed by atoms with van der Waals surface area (Å²) in [6, 6.07) is 6.36. The zero-order valence-electron chi connectivity index (χ0n) is 11.5. The fourth-order valence-electron chi connectivity index (χ4n) is 2.95. The van der Waals surface area contributed by atoms with Crippen molar-refractivity contribution >= 4 is 5.97 Å². The van der Waals surface area contributed by atoms with Gasteiger partial charge in [0, 0.05) is 6.54 Å². The van der Waals surface area contributed by atoms with Crippen LogP contribution in [0.25, 0.3) is 0 Å². The summed E-state index contributed by atoms with van der Waals surface area (Å²) in [6.45, 7) is 1.69. The van der Waals surface area contributed by atoms with Crippen molar-refractivity contribution in [1.82, 2.24) is 4.90 Å². The van der Waals surface area contributed by atoms with Crippen molar-refractivity contribution in [2.45, 2.75) is 19.3 Å². The van der Waals surface area contributed by atoms with Crippen molar-refractivity contribution in [2.24, 2.45) is 5.41 Å². The number of rotatable bonds is 3. The second-order valence-corrected chi connectivity index (χ2v) is 5.42. The van der Waals surface area contributed by atoms with E-state index >= 15 is 0 Å². The van der Waals surface area contributed by atoms with Crippen molar-refractivity contribution < 1.29 is 13.9 Å². The summed E-state index contributed by atoms with van der Waals surface area (Å²) in [5.41, 5.74) is 0.474. The third-order valence-electron chi connectivity index (χ3n) is 3.84. The summed E-state index contributed by atoms with van der Waals surface area (Å²) in [6.07, 6.45) is 2.40. The Kier molecular flexibility index (Phi) is 4.20. The summed E-state index contributed by atoms with van der Waals surface area (Å²) < 4.78 is 17.9. The van der Waals surface area contributed by atoms with E-state index in [9.17, 15) is 9.18 Å². The van der Waals surface area contributed by atoms with Crippen LogP contribution in [0.1, 0.15) is 18.4 Å². The number of nitrogens with zero attached hydrogens (tertiary/aromatic N) is 1. The van der Waals surface area contributed by atoms with Crippen LogP contribution >= 0.6 is 0 Å². The molecule has 4 heteroatoms. The molecule has 1 atom stereocenters. The van der Waals surface area contributed by atoms with Gasteiger partial charge in [-0.3, -0.25) is 4.79 Å². The highest BCUT2D eigenvalue weighted by atomic mass is 19.1. The van der Waals surface area contributed by atoms with E-state index in [1.165, 1.54) is 19.2 Å². The third kappa shape index (κ3) is 3.13. The number of benzene rings is 1. The van der Waals surface area contributed by atoms with Crippen molar-refractivity contribution in [1.29, 1.82) is 0 Å². The first-order chi connectivity index (χ1) is 9.05. The number of carbonyl (C=O) groups is 1. The minimum Gasteiger partial charge on any atom is -0.469 e. The number of ether oxygens (including phenoxy) is 1. The fraction of sp³-hybridized carbons (Fsp3) is 0.533. The Balaban J connectivity index is 2.22. The highest BCUT2D eigenvalue weighted by Crippen LogP contribution is 2.34. The molecule has 0 amide bonds. The van der Waals surface area contributed by atoms with Crippen LogP contribution in [0.3, 0.4) is 0 Å². The number of hydrogen-bond donors (Lipinski definition) is 0. The van der Waals surface area contributed by atoms with Gasteiger partial charge in [0.2, 0.25) is 0 Å². The van der Waals surface area contributed by atoms with Gasteiger partial charge in [0.05, 0.1) is 12.5 Å². The molecule has 0 radical (unpaired) electrons. The van der Waals surface area contributed by atoms with Gasteiger partial charge in [-0.2, -0.15) is 0 Å². The Bertz CT molecular complexity index is 446. The van der Waals surface area contributed by atoms with Crippen LogP contribution in [0, 0.1) is 11.2 Å². The van der Waals surface area contributed by atoms with Gasteiger partial charge in [0.1, 0.15) is 5.82 Å². The van der Waals surface area contributed by atoms with E-state index in [0.29, 0.717) is 13.0 Å². The van der Waals surface area contributed by atoms with Crippen LogP contribution in [-0.4, -0.2) is 38.1 Å². The topological polar surface area (TPSA) is 29.5 Å². The van der Waals surface area contributed by atoms with Crippen molar-refractivity contribution in [3.05, 3.63) is 35.6 Å². The molecule has 1 aromatic carbocycles. The molecule has 1 aliphatic rings. The van der Waals surface area contributed by atoms with E-state index in [0.717, 1.165) is 24.9 Å². The summed E-state index contributed by atoms with van der Waals surface area (Å²) in [5.74, 6) is -0.417. The average Bonchev–Trinajstić information content (AvgIpc) is 2.40. The normalized spacial score (nSPS) is 24.2. The molecule has 19 heavy (non-hydrogen) atoms. The lowest BCUT2D eigenvalue weighted by molar-refractivity contribution is -0.156. The van der Waals surface area contributed by atoms with E-state index < -0.39 is 5.41 Å². The molecule has 104 valence electrons. The molecular formula is C15H20FNO2. The van der Waals surface area contributed by atoms with E-state index in [4.69, 9.17) is 4.74 Å². The van der Waals surface area contributed by atoms with Gasteiger partial charge in [-0.15, -0.1) is 0 Å². The Morgan fingerprint density at radius 3 is 2.68 bits per heavy atom. The third-order valence-corrected chi connectivity index (χ3v) is 3.84. The zero-order valence-corrected chi connectivity index (χ0v) is 11.5. The quantitative estimate of drug-likeness (QED) is 0.785. The largest absolute Gasteiger partial charge is 0.469 e. The summed E-state index contributed by atoms with van der Waals surface area (Å²) >= 11 is 0.